The van der Waals surface area contributed by atoms with E-state index < -0.39 is 5.54 Å². The van der Waals surface area contributed by atoms with E-state index in [1.54, 1.807) is 11.8 Å². The number of nitrogens with one attached hydrogen (secondary N) is 1. The molecule has 3 N–H and O–H groups in total. The number of carbonyl (C=O) groups excluding carboxylic acids is 1. The molecular weight excluding hydrogens is 374 g/mol. The summed E-state index contributed by atoms with van der Waals surface area (Å²) < 4.78 is 5.33. The molecule has 28 heavy (non-hydrogen) atoms. The summed E-state index contributed by atoms with van der Waals surface area (Å²) in [4.78, 5) is 25.2. The van der Waals surface area contributed by atoms with Crippen LogP contribution < -0.4 is 15.8 Å². The van der Waals surface area contributed by atoms with Crippen LogP contribution in [0.4, 0.5) is 5.69 Å². The molecule has 144 valence electrons. The van der Waals surface area contributed by atoms with E-state index in [1.165, 1.54) is 12.4 Å². The molecule has 0 fully saturated rings. The highest BCUT2D eigenvalue weighted by atomic mass is 32.2. The van der Waals surface area contributed by atoms with Crippen molar-refractivity contribution in [3.05, 3.63) is 47.9 Å². The highest BCUT2D eigenvalue weighted by molar-refractivity contribution is 8.13. The summed E-state index contributed by atoms with van der Waals surface area (Å²) in [5, 5.41) is 3.43. The summed E-state index contributed by atoms with van der Waals surface area (Å²) in [6.07, 6.45) is 9.30. The zero-order valence-corrected chi connectivity index (χ0v) is 16.3. The second kappa shape index (κ2) is 8.76. The molecule has 1 atom stereocenters. The number of ether oxygens (including phenoxy) is 1. The number of aliphatic imine (C=N–C) groups is 1. The van der Waals surface area contributed by atoms with Crippen molar-refractivity contribution in [2.45, 2.75) is 25.3 Å². The molecule has 1 aromatic carbocycles. The fourth-order valence-corrected chi connectivity index (χ4v) is 3.72. The Morgan fingerprint density at radius 3 is 3.00 bits per heavy atom. The van der Waals surface area contributed by atoms with E-state index in [9.17, 15) is 4.79 Å². The van der Waals surface area contributed by atoms with E-state index in [2.05, 4.69) is 26.2 Å². The Morgan fingerprint density at radius 2 is 2.29 bits per heavy atom. The standard InChI is InChI=1S/C20H21N5O2S/c1-3-4-9-27-17-13-22-16(12-23-17)18(26)24-15-7-5-6-14(11-15)20(2)8-10-28-19(21)25-20/h1,5-7,11-13H,4,8-10H2,2H3,(H2,21,25)(H,24,26)/t20-/m0/s1. The second-order valence-electron chi connectivity index (χ2n) is 6.40. The summed E-state index contributed by atoms with van der Waals surface area (Å²) >= 11 is 1.56. The first-order chi connectivity index (χ1) is 13.5. The van der Waals surface area contributed by atoms with Crippen LogP contribution in [-0.4, -0.2) is 33.4 Å². The van der Waals surface area contributed by atoms with Gasteiger partial charge >= 0.3 is 0 Å². The van der Waals surface area contributed by atoms with Gasteiger partial charge in [-0.15, -0.1) is 12.3 Å². The average molecular weight is 395 g/mol. The summed E-state index contributed by atoms with van der Waals surface area (Å²) in [5.41, 5.74) is 7.35. The van der Waals surface area contributed by atoms with Crippen LogP contribution in [0.15, 0.2) is 41.7 Å². The van der Waals surface area contributed by atoms with E-state index in [0.29, 0.717) is 29.8 Å². The Kier molecular flexibility index (Phi) is 6.16. The molecule has 0 bridgehead atoms. The fourth-order valence-electron chi connectivity index (χ4n) is 2.74. The van der Waals surface area contributed by atoms with E-state index in [1.807, 2.05) is 31.2 Å². The Hall–Kier alpha value is -3.05. The number of anilines is 1. The van der Waals surface area contributed by atoms with Crippen LogP contribution in [0.5, 0.6) is 5.88 Å². The Balaban J connectivity index is 1.69. The molecule has 2 heterocycles. The van der Waals surface area contributed by atoms with Gasteiger partial charge in [0.15, 0.2) is 5.17 Å². The van der Waals surface area contributed by atoms with Crippen LogP contribution in [0.3, 0.4) is 0 Å². The lowest BCUT2D eigenvalue weighted by Gasteiger charge is -2.30. The normalized spacial score (nSPS) is 18.6. The van der Waals surface area contributed by atoms with Gasteiger partial charge in [-0.05, 0) is 31.0 Å². The SMILES string of the molecule is C#CCCOc1cnc(C(=O)Nc2cccc([C@]3(C)CCSC(N)=N3)c2)cn1. The molecule has 0 radical (unpaired) electrons. The number of hydrogen-bond acceptors (Lipinski definition) is 7. The van der Waals surface area contributed by atoms with E-state index in [-0.39, 0.29) is 11.6 Å². The predicted octanol–water partition coefficient (Wildman–Crippen LogP) is 2.80. The number of aromatic nitrogens is 2. The van der Waals surface area contributed by atoms with Gasteiger partial charge in [0.05, 0.1) is 17.9 Å². The van der Waals surface area contributed by atoms with Crippen LogP contribution in [0.1, 0.15) is 35.8 Å². The van der Waals surface area contributed by atoms with Crippen molar-refractivity contribution in [2.75, 3.05) is 17.7 Å². The number of carbonyl (C=O) groups is 1. The van der Waals surface area contributed by atoms with Crippen molar-refractivity contribution in [1.82, 2.24) is 9.97 Å². The molecule has 0 aliphatic carbocycles. The minimum Gasteiger partial charge on any atom is -0.476 e. The maximum atomic E-state index is 12.5. The number of terminal acetylenes is 1. The summed E-state index contributed by atoms with van der Waals surface area (Å²) in [5.74, 6) is 3.36. The lowest BCUT2D eigenvalue weighted by atomic mass is 9.89. The van der Waals surface area contributed by atoms with Crippen molar-refractivity contribution in [1.29, 1.82) is 0 Å². The number of benzene rings is 1. The van der Waals surface area contributed by atoms with Crippen LogP contribution in [0.2, 0.25) is 0 Å². The van der Waals surface area contributed by atoms with Gasteiger partial charge in [0.2, 0.25) is 5.88 Å². The summed E-state index contributed by atoms with van der Waals surface area (Å²) in [6, 6.07) is 7.61. The third kappa shape index (κ3) is 4.81. The van der Waals surface area contributed by atoms with Crippen LogP contribution in [0.25, 0.3) is 0 Å². The lowest BCUT2D eigenvalue weighted by molar-refractivity contribution is 0.102. The third-order valence-electron chi connectivity index (χ3n) is 4.30. The molecule has 7 nitrogen and oxygen atoms in total. The maximum absolute atomic E-state index is 12.5. The van der Waals surface area contributed by atoms with E-state index in [0.717, 1.165) is 17.7 Å². The predicted molar refractivity (Wildman–Crippen MR) is 111 cm³/mol. The first kappa shape index (κ1) is 19.7. The van der Waals surface area contributed by atoms with Gasteiger partial charge in [0.1, 0.15) is 12.3 Å². The molecule has 1 aromatic heterocycles. The molecule has 1 aliphatic rings. The van der Waals surface area contributed by atoms with Crippen molar-refractivity contribution in [2.24, 2.45) is 10.7 Å². The molecule has 1 amide bonds. The zero-order valence-electron chi connectivity index (χ0n) is 15.5. The average Bonchev–Trinajstić information content (AvgIpc) is 2.69. The van der Waals surface area contributed by atoms with Gasteiger partial charge in [-0.1, -0.05) is 23.9 Å². The molecule has 0 saturated heterocycles. The van der Waals surface area contributed by atoms with E-state index >= 15 is 0 Å². The highest BCUT2D eigenvalue weighted by Crippen LogP contribution is 2.35. The number of nitrogens with two attached hydrogens (primary N) is 1. The van der Waals surface area contributed by atoms with Gasteiger partial charge in [0, 0.05) is 17.9 Å². The molecule has 0 saturated carbocycles. The number of rotatable bonds is 6. The number of hydrogen-bond donors (Lipinski definition) is 2. The number of thioether (sulfide) groups is 1. The molecule has 8 heteroatoms. The van der Waals surface area contributed by atoms with Gasteiger partial charge in [-0.3, -0.25) is 9.79 Å². The first-order valence-electron chi connectivity index (χ1n) is 8.78. The Morgan fingerprint density at radius 1 is 1.43 bits per heavy atom. The largest absolute Gasteiger partial charge is 0.476 e. The molecule has 0 unspecified atom stereocenters. The third-order valence-corrected chi connectivity index (χ3v) is 5.09. The Labute approximate surface area is 168 Å². The van der Waals surface area contributed by atoms with Crippen molar-refractivity contribution in [3.8, 4) is 18.2 Å². The van der Waals surface area contributed by atoms with Crippen LogP contribution in [-0.2, 0) is 5.54 Å². The second-order valence-corrected chi connectivity index (χ2v) is 7.51. The number of amides is 1. The van der Waals surface area contributed by atoms with Gasteiger partial charge in [-0.25, -0.2) is 9.97 Å². The fraction of sp³-hybridized carbons (Fsp3) is 0.300. The van der Waals surface area contributed by atoms with Crippen LogP contribution >= 0.6 is 11.8 Å². The van der Waals surface area contributed by atoms with Crippen molar-refractivity contribution < 1.29 is 9.53 Å². The minimum absolute atomic E-state index is 0.192. The number of amidine groups is 1. The number of nitrogens with zero attached hydrogens (tertiary/aromatic N) is 3. The minimum atomic E-state index is -0.396. The van der Waals surface area contributed by atoms with Gasteiger partial charge < -0.3 is 15.8 Å². The molecule has 0 spiro atoms. The Bertz CT molecular complexity index is 923. The van der Waals surface area contributed by atoms with Gasteiger partial charge in [-0.2, -0.15) is 0 Å². The van der Waals surface area contributed by atoms with Crippen molar-refractivity contribution >= 4 is 28.5 Å². The smallest absolute Gasteiger partial charge is 0.275 e. The zero-order chi connectivity index (χ0) is 20.0. The van der Waals surface area contributed by atoms with Crippen LogP contribution in [0, 0.1) is 12.3 Å². The topological polar surface area (TPSA) is 102 Å². The van der Waals surface area contributed by atoms with E-state index in [4.69, 9.17) is 16.9 Å². The molecule has 2 aromatic rings. The quantitative estimate of drug-likeness (QED) is 0.576. The molecular formula is C20H21N5O2S. The molecule has 3 rings (SSSR count). The molecule has 1 aliphatic heterocycles. The first-order valence-corrected chi connectivity index (χ1v) is 9.77. The monoisotopic (exact) mass is 395 g/mol. The highest BCUT2D eigenvalue weighted by Gasteiger charge is 2.29. The van der Waals surface area contributed by atoms with Crippen molar-refractivity contribution in [3.63, 3.8) is 0 Å². The van der Waals surface area contributed by atoms with Gasteiger partial charge in [0.25, 0.3) is 5.91 Å². The summed E-state index contributed by atoms with van der Waals surface area (Å²) in [6.45, 7) is 2.40. The maximum Gasteiger partial charge on any atom is 0.275 e. The lowest BCUT2D eigenvalue weighted by Crippen LogP contribution is -2.28. The summed E-state index contributed by atoms with van der Waals surface area (Å²) in [7, 11) is 0.